The number of nitrogens with one attached hydrogen (secondary N) is 1. The van der Waals surface area contributed by atoms with Crippen LogP contribution >= 0.6 is 23.5 Å². The lowest BCUT2D eigenvalue weighted by molar-refractivity contribution is -0.118. The van der Waals surface area contributed by atoms with E-state index in [9.17, 15) is 4.79 Å². The van der Waals surface area contributed by atoms with Crippen LogP contribution in [0, 0.1) is 6.92 Å². The van der Waals surface area contributed by atoms with E-state index in [-0.39, 0.29) is 5.91 Å². The molecule has 2 aromatic rings. The molecule has 0 atom stereocenters. The Balaban J connectivity index is 1.68. The zero-order chi connectivity index (χ0) is 15.8. The zero-order valence-corrected chi connectivity index (χ0v) is 14.3. The molecule has 0 fully saturated rings. The molecule has 7 heteroatoms. The van der Waals surface area contributed by atoms with Crippen LogP contribution in [0.1, 0.15) is 23.9 Å². The fraction of sp³-hybridized carbons (Fsp3) is 0.400. The van der Waals surface area contributed by atoms with Crippen molar-refractivity contribution in [2.75, 3.05) is 12.4 Å². The van der Waals surface area contributed by atoms with E-state index in [1.807, 2.05) is 38.1 Å². The van der Waals surface area contributed by atoms with Gasteiger partial charge in [0.15, 0.2) is 0 Å². The van der Waals surface area contributed by atoms with Crippen LogP contribution < -0.4 is 10.1 Å². The Morgan fingerprint density at radius 3 is 2.73 bits per heavy atom. The van der Waals surface area contributed by atoms with Crippen molar-refractivity contribution in [1.29, 1.82) is 0 Å². The van der Waals surface area contributed by atoms with Crippen molar-refractivity contribution in [3.63, 3.8) is 0 Å². The maximum Gasteiger partial charge on any atom is 0.230 e. The van der Waals surface area contributed by atoms with E-state index < -0.39 is 0 Å². The summed E-state index contributed by atoms with van der Waals surface area (Å²) in [6.45, 7) is 5.07. The summed E-state index contributed by atoms with van der Waals surface area (Å²) in [4.78, 5) is 11.8. The SMILES string of the molecule is CCOc1ccc(CNC(=O)CSCc2nsnc2C)cc1. The topological polar surface area (TPSA) is 64.1 Å². The first-order valence-corrected chi connectivity index (χ1v) is 8.91. The number of aryl methyl sites for hydroxylation is 1. The Bertz CT molecular complexity index is 599. The molecule has 118 valence electrons. The van der Waals surface area contributed by atoms with Gasteiger partial charge in [0.1, 0.15) is 5.75 Å². The zero-order valence-electron chi connectivity index (χ0n) is 12.7. The smallest absolute Gasteiger partial charge is 0.230 e. The van der Waals surface area contributed by atoms with E-state index in [1.54, 1.807) is 11.8 Å². The number of ether oxygens (including phenoxy) is 1. The first-order chi connectivity index (χ1) is 10.7. The Kier molecular flexibility index (Phi) is 6.67. The van der Waals surface area contributed by atoms with Crippen LogP contribution in [-0.4, -0.2) is 27.0 Å². The van der Waals surface area contributed by atoms with E-state index in [1.165, 1.54) is 11.7 Å². The first-order valence-electron chi connectivity index (χ1n) is 7.03. The molecule has 1 N–H and O–H groups in total. The minimum Gasteiger partial charge on any atom is -0.494 e. The fourth-order valence-electron chi connectivity index (χ4n) is 1.74. The Hall–Kier alpha value is -1.60. The number of benzene rings is 1. The quantitative estimate of drug-likeness (QED) is 0.802. The Labute approximate surface area is 138 Å². The summed E-state index contributed by atoms with van der Waals surface area (Å²) in [5.74, 6) is 2.02. The summed E-state index contributed by atoms with van der Waals surface area (Å²) in [6, 6.07) is 7.75. The molecule has 0 saturated carbocycles. The molecule has 0 aliphatic heterocycles. The lowest BCUT2D eigenvalue weighted by Gasteiger charge is -2.07. The van der Waals surface area contributed by atoms with Crippen molar-refractivity contribution in [2.45, 2.75) is 26.1 Å². The van der Waals surface area contributed by atoms with Gasteiger partial charge in [-0.3, -0.25) is 4.79 Å². The normalized spacial score (nSPS) is 10.5. The monoisotopic (exact) mass is 337 g/mol. The molecule has 22 heavy (non-hydrogen) atoms. The maximum absolute atomic E-state index is 11.8. The second-order valence-electron chi connectivity index (χ2n) is 4.64. The average molecular weight is 337 g/mol. The number of amides is 1. The van der Waals surface area contributed by atoms with Gasteiger partial charge in [0.05, 0.1) is 35.5 Å². The molecule has 0 radical (unpaired) electrons. The van der Waals surface area contributed by atoms with Gasteiger partial charge in [-0.25, -0.2) is 0 Å². The number of hydrogen-bond acceptors (Lipinski definition) is 6. The number of thioether (sulfide) groups is 1. The van der Waals surface area contributed by atoms with Crippen molar-refractivity contribution in [2.24, 2.45) is 0 Å². The van der Waals surface area contributed by atoms with E-state index >= 15 is 0 Å². The lowest BCUT2D eigenvalue weighted by atomic mass is 10.2. The van der Waals surface area contributed by atoms with Gasteiger partial charge in [0, 0.05) is 12.3 Å². The number of hydrogen-bond donors (Lipinski definition) is 1. The van der Waals surface area contributed by atoms with E-state index in [4.69, 9.17) is 4.74 Å². The molecule has 1 aromatic heterocycles. The first kappa shape index (κ1) is 16.8. The number of aromatic nitrogens is 2. The molecule has 1 aromatic carbocycles. The summed E-state index contributed by atoms with van der Waals surface area (Å²) in [6.07, 6.45) is 0. The van der Waals surface area contributed by atoms with Crippen LogP contribution in [0.3, 0.4) is 0 Å². The number of nitrogens with zero attached hydrogens (tertiary/aromatic N) is 2. The van der Waals surface area contributed by atoms with Gasteiger partial charge >= 0.3 is 0 Å². The van der Waals surface area contributed by atoms with Gasteiger partial charge in [-0.05, 0) is 31.5 Å². The van der Waals surface area contributed by atoms with Crippen LogP contribution in [0.5, 0.6) is 5.75 Å². The van der Waals surface area contributed by atoms with Crippen LogP contribution in [0.2, 0.25) is 0 Å². The highest BCUT2D eigenvalue weighted by Gasteiger charge is 2.06. The summed E-state index contributed by atoms with van der Waals surface area (Å²) < 4.78 is 13.7. The third-order valence-corrected chi connectivity index (χ3v) is 4.54. The fourth-order valence-corrected chi connectivity index (χ4v) is 3.24. The van der Waals surface area contributed by atoms with Crippen molar-refractivity contribution in [3.05, 3.63) is 41.2 Å². The van der Waals surface area contributed by atoms with Crippen LogP contribution in [0.25, 0.3) is 0 Å². The molecular weight excluding hydrogens is 318 g/mol. The number of carbonyl (C=O) groups is 1. The van der Waals surface area contributed by atoms with Crippen LogP contribution in [-0.2, 0) is 17.1 Å². The van der Waals surface area contributed by atoms with Gasteiger partial charge < -0.3 is 10.1 Å². The van der Waals surface area contributed by atoms with Gasteiger partial charge in [-0.1, -0.05) is 12.1 Å². The summed E-state index contributed by atoms with van der Waals surface area (Å²) in [5.41, 5.74) is 2.97. The largest absolute Gasteiger partial charge is 0.494 e. The molecular formula is C15H19N3O2S2. The standard InChI is InChI=1S/C15H19N3O2S2/c1-3-20-13-6-4-12(5-7-13)8-16-15(19)10-21-9-14-11(2)17-22-18-14/h4-7H,3,8-10H2,1-2H3,(H,16,19). The van der Waals surface area contributed by atoms with E-state index in [2.05, 4.69) is 14.1 Å². The van der Waals surface area contributed by atoms with E-state index in [0.29, 0.717) is 18.9 Å². The molecule has 0 saturated heterocycles. The second-order valence-corrected chi connectivity index (χ2v) is 6.16. The maximum atomic E-state index is 11.8. The highest BCUT2D eigenvalue weighted by atomic mass is 32.2. The van der Waals surface area contributed by atoms with Crippen LogP contribution in [0.15, 0.2) is 24.3 Å². The molecule has 0 spiro atoms. The highest BCUT2D eigenvalue weighted by Crippen LogP contribution is 2.14. The molecule has 0 aliphatic carbocycles. The second kappa shape index (κ2) is 8.75. The highest BCUT2D eigenvalue weighted by molar-refractivity contribution is 7.99. The molecule has 5 nitrogen and oxygen atoms in total. The van der Waals surface area contributed by atoms with Crippen molar-refractivity contribution in [3.8, 4) is 5.75 Å². The van der Waals surface area contributed by atoms with Crippen molar-refractivity contribution in [1.82, 2.24) is 14.1 Å². The Morgan fingerprint density at radius 1 is 1.32 bits per heavy atom. The molecule has 1 amide bonds. The third-order valence-electron chi connectivity index (χ3n) is 2.94. The molecule has 0 aliphatic rings. The minimum absolute atomic E-state index is 0.0275. The minimum atomic E-state index is 0.0275. The summed E-state index contributed by atoms with van der Waals surface area (Å²) >= 11 is 2.76. The summed E-state index contributed by atoms with van der Waals surface area (Å²) in [5, 5.41) is 2.91. The van der Waals surface area contributed by atoms with Gasteiger partial charge in [0.25, 0.3) is 0 Å². The van der Waals surface area contributed by atoms with Crippen LogP contribution in [0.4, 0.5) is 0 Å². The van der Waals surface area contributed by atoms with Crippen molar-refractivity contribution < 1.29 is 9.53 Å². The molecule has 1 heterocycles. The third kappa shape index (κ3) is 5.31. The molecule has 0 unspecified atom stereocenters. The number of carbonyl (C=O) groups excluding carboxylic acids is 1. The van der Waals surface area contributed by atoms with E-state index in [0.717, 1.165) is 28.5 Å². The lowest BCUT2D eigenvalue weighted by Crippen LogP contribution is -2.24. The Morgan fingerprint density at radius 2 is 2.09 bits per heavy atom. The van der Waals surface area contributed by atoms with Gasteiger partial charge in [-0.15, -0.1) is 11.8 Å². The van der Waals surface area contributed by atoms with Crippen molar-refractivity contribution >= 4 is 29.4 Å². The number of rotatable bonds is 8. The average Bonchev–Trinajstić information content (AvgIpc) is 2.92. The predicted molar refractivity (Wildman–Crippen MR) is 90.3 cm³/mol. The summed E-state index contributed by atoms with van der Waals surface area (Å²) in [7, 11) is 0. The molecule has 2 rings (SSSR count). The predicted octanol–water partition coefficient (Wildman–Crippen LogP) is 2.79. The van der Waals surface area contributed by atoms with Gasteiger partial charge in [-0.2, -0.15) is 8.75 Å². The molecule has 0 bridgehead atoms. The van der Waals surface area contributed by atoms with Gasteiger partial charge in [0.2, 0.25) is 5.91 Å².